The van der Waals surface area contributed by atoms with Crippen LogP contribution < -0.4 is 25.2 Å². The van der Waals surface area contributed by atoms with Crippen molar-refractivity contribution in [2.24, 2.45) is 0 Å². The second-order valence-electron chi connectivity index (χ2n) is 8.65. The number of likely N-dealkylation sites (N-methyl/N-ethyl adjacent to an activating group) is 1. The molecule has 5 rings (SSSR count). The molecule has 0 spiro atoms. The van der Waals surface area contributed by atoms with Crippen molar-refractivity contribution in [1.29, 1.82) is 0 Å². The molecule has 11 nitrogen and oxygen atoms in total. The minimum absolute atomic E-state index is 0.0550. The van der Waals surface area contributed by atoms with Crippen molar-refractivity contribution in [2.45, 2.75) is 31.8 Å². The number of carbonyl (C=O) groups excluding carboxylic acids is 2. The van der Waals surface area contributed by atoms with Crippen molar-refractivity contribution in [1.82, 2.24) is 15.3 Å². The van der Waals surface area contributed by atoms with Gasteiger partial charge in [-0.05, 0) is 31.5 Å². The third-order valence-corrected chi connectivity index (χ3v) is 6.16. The fourth-order valence-electron chi connectivity index (χ4n) is 4.29. The third-order valence-electron chi connectivity index (χ3n) is 6.16. The summed E-state index contributed by atoms with van der Waals surface area (Å²) < 4.78 is 16.2. The highest BCUT2D eigenvalue weighted by Crippen LogP contribution is 2.37. The van der Waals surface area contributed by atoms with Gasteiger partial charge >= 0.3 is 0 Å². The summed E-state index contributed by atoms with van der Waals surface area (Å²) in [5.41, 5.74) is 1.60. The van der Waals surface area contributed by atoms with Crippen LogP contribution in [0.15, 0.2) is 43.1 Å². The van der Waals surface area contributed by atoms with E-state index in [4.69, 9.17) is 14.2 Å². The van der Waals surface area contributed by atoms with E-state index >= 15 is 0 Å². The zero-order chi connectivity index (χ0) is 25.5. The number of hydrogen-bond acceptors (Lipinski definition) is 9. The van der Waals surface area contributed by atoms with Crippen molar-refractivity contribution >= 4 is 29.6 Å². The molecule has 3 aliphatic rings. The van der Waals surface area contributed by atoms with Gasteiger partial charge in [-0.1, -0.05) is 6.08 Å². The van der Waals surface area contributed by atoms with E-state index in [0.717, 1.165) is 31.0 Å². The third kappa shape index (κ3) is 6.10. The quantitative estimate of drug-likeness (QED) is 0.417. The standard InChI is InChI=1S/C14H18N4O.C11H14N2O4/c1-3-7-15-14(19)11-4-5-12-13(16-11)17(2)10-6-8-18(12)9-10;1-8-15-5-10(17-8)6-16-9-2-3-12-11(4-9)13-7-14/h3-5,10H,1,6-9H2,2H3,(H,15,19);2-4,7-8,10H,5-6H2,1H3,(H,12,13,14). The Kier molecular flexibility index (Phi) is 8.34. The molecular formula is C25H32N6O5. The number of aromatic nitrogens is 2. The minimum atomic E-state index is -0.173. The van der Waals surface area contributed by atoms with Gasteiger partial charge in [0.05, 0.1) is 12.3 Å². The maximum absolute atomic E-state index is 11.9. The molecule has 0 saturated carbocycles. The molecule has 2 N–H and O–H groups in total. The summed E-state index contributed by atoms with van der Waals surface area (Å²) >= 11 is 0. The zero-order valence-electron chi connectivity index (χ0n) is 20.6. The Morgan fingerprint density at radius 2 is 2.22 bits per heavy atom. The van der Waals surface area contributed by atoms with Gasteiger partial charge in [-0.3, -0.25) is 9.59 Å². The Bertz CT molecular complexity index is 1080. The number of rotatable bonds is 8. The summed E-state index contributed by atoms with van der Waals surface area (Å²) in [5.74, 6) is 1.85. The van der Waals surface area contributed by atoms with Crippen LogP contribution in [0.25, 0.3) is 0 Å². The Labute approximate surface area is 210 Å². The van der Waals surface area contributed by atoms with Gasteiger partial charge in [-0.2, -0.15) is 0 Å². The lowest BCUT2D eigenvalue weighted by Gasteiger charge is -2.34. The molecule has 11 heteroatoms. The van der Waals surface area contributed by atoms with E-state index in [1.54, 1.807) is 30.5 Å². The average Bonchev–Trinajstić information content (AvgIpc) is 3.52. The molecule has 2 aromatic heterocycles. The first kappa shape index (κ1) is 25.4. The van der Waals surface area contributed by atoms with Crippen LogP contribution in [0.3, 0.4) is 0 Å². The first-order chi connectivity index (χ1) is 17.5. The van der Waals surface area contributed by atoms with Crippen LogP contribution in [0.1, 0.15) is 23.8 Å². The largest absolute Gasteiger partial charge is 0.491 e. The highest BCUT2D eigenvalue weighted by molar-refractivity contribution is 5.93. The monoisotopic (exact) mass is 496 g/mol. The molecule has 192 valence electrons. The first-order valence-electron chi connectivity index (χ1n) is 11.9. The maximum atomic E-state index is 11.9. The second-order valence-corrected chi connectivity index (χ2v) is 8.65. The Morgan fingerprint density at radius 3 is 2.97 bits per heavy atom. The predicted octanol–water partition coefficient (Wildman–Crippen LogP) is 1.82. The molecule has 3 atom stereocenters. The van der Waals surface area contributed by atoms with Gasteiger partial charge in [0.25, 0.3) is 5.91 Å². The second kappa shape index (κ2) is 11.8. The van der Waals surface area contributed by atoms with Crippen LogP contribution in [0.2, 0.25) is 0 Å². The van der Waals surface area contributed by atoms with Crippen molar-refractivity contribution < 1.29 is 23.8 Å². The lowest BCUT2D eigenvalue weighted by Crippen LogP contribution is -2.40. The van der Waals surface area contributed by atoms with Crippen LogP contribution in [0.4, 0.5) is 17.3 Å². The number of carbonyl (C=O) groups is 2. The van der Waals surface area contributed by atoms with E-state index in [0.29, 0.717) is 49.5 Å². The van der Waals surface area contributed by atoms with Gasteiger partial charge in [0.15, 0.2) is 12.1 Å². The summed E-state index contributed by atoms with van der Waals surface area (Å²) in [6.45, 7) is 8.98. The fraction of sp³-hybridized carbons (Fsp3) is 0.440. The van der Waals surface area contributed by atoms with Gasteiger partial charge in [0.2, 0.25) is 6.41 Å². The number of anilines is 3. The predicted molar refractivity (Wildman–Crippen MR) is 135 cm³/mol. The van der Waals surface area contributed by atoms with Crippen molar-refractivity contribution in [3.63, 3.8) is 0 Å². The van der Waals surface area contributed by atoms with Crippen LogP contribution in [-0.2, 0) is 14.3 Å². The van der Waals surface area contributed by atoms with Gasteiger partial charge in [-0.15, -0.1) is 6.58 Å². The average molecular weight is 497 g/mol. The van der Waals surface area contributed by atoms with E-state index in [9.17, 15) is 9.59 Å². The van der Waals surface area contributed by atoms with E-state index in [-0.39, 0.29) is 18.3 Å². The van der Waals surface area contributed by atoms with Crippen LogP contribution in [-0.4, -0.2) is 80.6 Å². The zero-order valence-corrected chi connectivity index (χ0v) is 20.6. The SMILES string of the molecule is C=CCNC(=O)c1ccc2c(n1)N(C)C1CCN2C1.CC1OCC(COc2ccnc(NC=O)c2)O1. The summed E-state index contributed by atoms with van der Waals surface area (Å²) in [6.07, 6.45) is 4.73. The highest BCUT2D eigenvalue weighted by atomic mass is 16.7. The molecule has 2 bridgehead atoms. The summed E-state index contributed by atoms with van der Waals surface area (Å²) in [4.78, 5) is 35.2. The fourth-order valence-corrected chi connectivity index (χ4v) is 4.29. The van der Waals surface area contributed by atoms with Gasteiger partial charge in [0, 0.05) is 45.0 Å². The molecule has 3 aliphatic heterocycles. The number of amides is 2. The highest BCUT2D eigenvalue weighted by Gasteiger charge is 2.35. The number of ether oxygens (including phenoxy) is 3. The van der Waals surface area contributed by atoms with E-state index in [2.05, 4.69) is 44.0 Å². The number of fused-ring (bicyclic) bond motifs is 4. The van der Waals surface area contributed by atoms with Crippen molar-refractivity contribution in [3.05, 3.63) is 48.8 Å². The van der Waals surface area contributed by atoms with Crippen molar-refractivity contribution in [3.8, 4) is 5.75 Å². The molecular weight excluding hydrogens is 464 g/mol. The molecule has 0 aromatic carbocycles. The van der Waals surface area contributed by atoms with Gasteiger partial charge in [0.1, 0.15) is 30.0 Å². The van der Waals surface area contributed by atoms with E-state index < -0.39 is 0 Å². The lowest BCUT2D eigenvalue weighted by atomic mass is 10.2. The van der Waals surface area contributed by atoms with Crippen molar-refractivity contribution in [2.75, 3.05) is 55.0 Å². The molecule has 2 amide bonds. The number of nitrogens with one attached hydrogen (secondary N) is 2. The van der Waals surface area contributed by atoms with Crippen LogP contribution >= 0.6 is 0 Å². The summed E-state index contributed by atoms with van der Waals surface area (Å²) in [7, 11) is 2.06. The summed E-state index contributed by atoms with van der Waals surface area (Å²) in [6, 6.07) is 7.68. The molecule has 2 aromatic rings. The van der Waals surface area contributed by atoms with E-state index in [1.165, 1.54) is 0 Å². The summed E-state index contributed by atoms with van der Waals surface area (Å²) in [5, 5.41) is 5.21. The lowest BCUT2D eigenvalue weighted by molar-refractivity contribution is -0.105. The number of nitrogens with zero attached hydrogens (tertiary/aromatic N) is 4. The van der Waals surface area contributed by atoms with Crippen LogP contribution in [0, 0.1) is 0 Å². The van der Waals surface area contributed by atoms with Gasteiger partial charge < -0.3 is 34.6 Å². The smallest absolute Gasteiger partial charge is 0.270 e. The minimum Gasteiger partial charge on any atom is -0.491 e. The number of pyridine rings is 2. The maximum Gasteiger partial charge on any atom is 0.270 e. The Balaban J connectivity index is 0.000000170. The molecule has 2 saturated heterocycles. The molecule has 2 fully saturated rings. The molecule has 36 heavy (non-hydrogen) atoms. The number of hydrogen-bond donors (Lipinski definition) is 2. The molecule has 0 radical (unpaired) electrons. The molecule has 0 aliphatic carbocycles. The van der Waals surface area contributed by atoms with Crippen LogP contribution in [0.5, 0.6) is 5.75 Å². The first-order valence-corrected chi connectivity index (χ1v) is 11.9. The van der Waals surface area contributed by atoms with Gasteiger partial charge in [-0.25, -0.2) is 9.97 Å². The molecule has 5 heterocycles. The normalized spacial score (nSPS) is 21.7. The topological polar surface area (TPSA) is 118 Å². The Hall–Kier alpha value is -3.70. The molecule has 3 unspecified atom stereocenters. The van der Waals surface area contributed by atoms with E-state index in [1.807, 2.05) is 13.0 Å². The Morgan fingerprint density at radius 1 is 1.36 bits per heavy atom.